The first-order chi connectivity index (χ1) is 7.16. The van der Waals surface area contributed by atoms with Crippen molar-refractivity contribution < 1.29 is 4.39 Å². The Morgan fingerprint density at radius 2 is 2.33 bits per heavy atom. The molecule has 5 heteroatoms. The van der Waals surface area contributed by atoms with Gasteiger partial charge >= 0.3 is 0 Å². The molecule has 1 saturated carbocycles. The van der Waals surface area contributed by atoms with Crippen molar-refractivity contribution in [3.8, 4) is 0 Å². The highest BCUT2D eigenvalue weighted by atomic mass is 35.5. The summed E-state index contributed by atoms with van der Waals surface area (Å²) in [6, 6.07) is 1.45. The Morgan fingerprint density at radius 3 is 2.93 bits per heavy atom. The molecule has 2 atom stereocenters. The number of nitrogens with zero attached hydrogens (tertiary/aromatic N) is 1. The van der Waals surface area contributed by atoms with Crippen molar-refractivity contribution in [2.45, 2.75) is 31.3 Å². The summed E-state index contributed by atoms with van der Waals surface area (Å²) >= 11 is 5.61. The molecule has 3 N–H and O–H groups in total. The van der Waals surface area contributed by atoms with Crippen LogP contribution in [-0.2, 0) is 0 Å². The van der Waals surface area contributed by atoms with E-state index in [1.165, 1.54) is 12.3 Å². The van der Waals surface area contributed by atoms with Crippen molar-refractivity contribution in [3.63, 3.8) is 0 Å². The van der Waals surface area contributed by atoms with Crippen molar-refractivity contribution in [1.29, 1.82) is 0 Å². The standard InChI is InChI=1S/C10H13ClFN3/c11-6-4-7(12)10(14-5-6)15-9-3-1-2-8(9)13/h4-5,8-9H,1-3,13H2,(H,14,15). The van der Waals surface area contributed by atoms with Crippen molar-refractivity contribution in [3.05, 3.63) is 23.1 Å². The lowest BCUT2D eigenvalue weighted by Gasteiger charge is -2.18. The lowest BCUT2D eigenvalue weighted by Crippen LogP contribution is -2.35. The Morgan fingerprint density at radius 1 is 1.53 bits per heavy atom. The van der Waals surface area contributed by atoms with Crippen LogP contribution >= 0.6 is 11.6 Å². The van der Waals surface area contributed by atoms with Gasteiger partial charge in [-0.1, -0.05) is 11.6 Å². The number of halogens is 2. The van der Waals surface area contributed by atoms with Crippen molar-refractivity contribution in [2.24, 2.45) is 5.73 Å². The van der Waals surface area contributed by atoms with Crippen LogP contribution in [0.4, 0.5) is 10.2 Å². The second-order valence-electron chi connectivity index (χ2n) is 3.83. The molecule has 82 valence electrons. The second kappa shape index (κ2) is 4.33. The Hall–Kier alpha value is -0.870. The molecular formula is C10H13ClFN3. The number of aromatic nitrogens is 1. The minimum absolute atomic E-state index is 0.0851. The van der Waals surface area contributed by atoms with Crippen LogP contribution in [0.2, 0.25) is 5.02 Å². The number of hydrogen-bond donors (Lipinski definition) is 2. The van der Waals surface area contributed by atoms with Crippen molar-refractivity contribution in [2.75, 3.05) is 5.32 Å². The fourth-order valence-corrected chi connectivity index (χ4v) is 2.01. The van der Waals surface area contributed by atoms with Gasteiger partial charge in [0.25, 0.3) is 0 Å². The van der Waals surface area contributed by atoms with Crippen molar-refractivity contribution >= 4 is 17.4 Å². The summed E-state index contributed by atoms with van der Waals surface area (Å²) in [4.78, 5) is 3.90. The molecule has 0 amide bonds. The maximum atomic E-state index is 13.4. The highest BCUT2D eigenvalue weighted by Gasteiger charge is 2.24. The summed E-state index contributed by atoms with van der Waals surface area (Å²) in [5, 5.41) is 3.32. The molecule has 0 bridgehead atoms. The van der Waals surface area contributed by atoms with E-state index < -0.39 is 5.82 Å². The van der Waals surface area contributed by atoms with Gasteiger partial charge in [-0.25, -0.2) is 9.37 Å². The molecule has 0 aliphatic heterocycles. The fraction of sp³-hybridized carbons (Fsp3) is 0.500. The average molecular weight is 230 g/mol. The van der Waals surface area contributed by atoms with E-state index in [0.717, 1.165) is 19.3 Å². The van der Waals surface area contributed by atoms with Gasteiger partial charge in [-0.05, 0) is 25.3 Å². The number of anilines is 1. The third kappa shape index (κ3) is 2.38. The monoisotopic (exact) mass is 229 g/mol. The molecular weight excluding hydrogens is 217 g/mol. The van der Waals surface area contributed by atoms with Crippen molar-refractivity contribution in [1.82, 2.24) is 4.98 Å². The van der Waals surface area contributed by atoms with Gasteiger partial charge in [0.2, 0.25) is 0 Å². The second-order valence-corrected chi connectivity index (χ2v) is 4.27. The molecule has 1 aliphatic carbocycles. The van der Waals surface area contributed by atoms with E-state index in [-0.39, 0.29) is 17.9 Å². The molecule has 1 aromatic heterocycles. The van der Waals surface area contributed by atoms with Gasteiger partial charge in [0.1, 0.15) is 0 Å². The molecule has 0 radical (unpaired) electrons. The number of rotatable bonds is 2. The topological polar surface area (TPSA) is 50.9 Å². The first kappa shape index (κ1) is 10.6. The minimum Gasteiger partial charge on any atom is -0.363 e. The molecule has 1 heterocycles. The number of nitrogens with two attached hydrogens (primary N) is 1. The highest BCUT2D eigenvalue weighted by Crippen LogP contribution is 2.23. The van der Waals surface area contributed by atoms with Gasteiger partial charge in [0.05, 0.1) is 5.02 Å². The summed E-state index contributed by atoms with van der Waals surface area (Å²) in [5.74, 6) is -0.191. The smallest absolute Gasteiger partial charge is 0.166 e. The summed E-state index contributed by atoms with van der Waals surface area (Å²) in [7, 11) is 0. The zero-order valence-corrected chi connectivity index (χ0v) is 8.97. The van der Waals surface area contributed by atoms with Crippen LogP contribution in [0.15, 0.2) is 12.3 Å². The van der Waals surface area contributed by atoms with Crippen LogP contribution in [0, 0.1) is 5.82 Å². The number of hydrogen-bond acceptors (Lipinski definition) is 3. The Balaban J connectivity index is 2.10. The molecule has 3 nitrogen and oxygen atoms in total. The summed E-state index contributed by atoms with van der Waals surface area (Å²) in [6.45, 7) is 0. The Bertz CT molecular complexity index is 359. The predicted octanol–water partition coefficient (Wildman–Crippen LogP) is 2.17. The minimum atomic E-state index is -0.429. The number of nitrogens with one attached hydrogen (secondary N) is 1. The van der Waals surface area contributed by atoms with E-state index >= 15 is 0 Å². The average Bonchev–Trinajstić information content (AvgIpc) is 2.57. The Kier molecular flexibility index (Phi) is 3.07. The molecule has 1 aliphatic rings. The first-order valence-electron chi connectivity index (χ1n) is 5.00. The molecule has 0 aromatic carbocycles. The van der Waals surface area contributed by atoms with Gasteiger partial charge in [-0.2, -0.15) is 0 Å². The molecule has 1 aromatic rings. The molecule has 0 spiro atoms. The lowest BCUT2D eigenvalue weighted by atomic mass is 10.2. The van der Waals surface area contributed by atoms with E-state index in [0.29, 0.717) is 5.02 Å². The van der Waals surface area contributed by atoms with E-state index in [9.17, 15) is 4.39 Å². The van der Waals surface area contributed by atoms with E-state index in [2.05, 4.69) is 10.3 Å². The van der Waals surface area contributed by atoms with E-state index in [4.69, 9.17) is 17.3 Å². The van der Waals surface area contributed by atoms with Crippen LogP contribution in [0.3, 0.4) is 0 Å². The quantitative estimate of drug-likeness (QED) is 0.817. The van der Waals surface area contributed by atoms with Gasteiger partial charge in [-0.15, -0.1) is 0 Å². The zero-order chi connectivity index (χ0) is 10.8. The maximum Gasteiger partial charge on any atom is 0.166 e. The van der Waals surface area contributed by atoms with Crippen LogP contribution in [0.25, 0.3) is 0 Å². The number of pyridine rings is 1. The van der Waals surface area contributed by atoms with E-state index in [1.54, 1.807) is 0 Å². The van der Waals surface area contributed by atoms with Crippen LogP contribution in [0.1, 0.15) is 19.3 Å². The third-order valence-electron chi connectivity index (χ3n) is 2.70. The molecule has 0 saturated heterocycles. The first-order valence-corrected chi connectivity index (χ1v) is 5.38. The molecule has 15 heavy (non-hydrogen) atoms. The van der Waals surface area contributed by atoms with Gasteiger partial charge in [0, 0.05) is 18.3 Å². The lowest BCUT2D eigenvalue weighted by molar-refractivity contribution is 0.601. The fourth-order valence-electron chi connectivity index (χ4n) is 1.86. The normalized spacial score (nSPS) is 25.5. The highest BCUT2D eigenvalue weighted by molar-refractivity contribution is 6.30. The predicted molar refractivity (Wildman–Crippen MR) is 58.4 cm³/mol. The molecule has 2 unspecified atom stereocenters. The summed E-state index contributed by atoms with van der Waals surface area (Å²) in [6.07, 6.45) is 4.44. The van der Waals surface area contributed by atoms with Gasteiger partial charge < -0.3 is 11.1 Å². The van der Waals surface area contributed by atoms with Gasteiger partial charge in [0.15, 0.2) is 11.6 Å². The molecule has 2 rings (SSSR count). The summed E-state index contributed by atoms with van der Waals surface area (Å²) in [5.41, 5.74) is 5.87. The van der Waals surface area contributed by atoms with Crippen LogP contribution < -0.4 is 11.1 Å². The molecule has 1 fully saturated rings. The zero-order valence-electron chi connectivity index (χ0n) is 8.21. The SMILES string of the molecule is NC1CCCC1Nc1ncc(Cl)cc1F. The largest absolute Gasteiger partial charge is 0.363 e. The van der Waals surface area contributed by atoms with Crippen LogP contribution in [0.5, 0.6) is 0 Å². The third-order valence-corrected chi connectivity index (χ3v) is 2.91. The van der Waals surface area contributed by atoms with Gasteiger partial charge in [-0.3, -0.25) is 0 Å². The summed E-state index contributed by atoms with van der Waals surface area (Å²) < 4.78 is 13.4. The Labute approximate surface area is 92.8 Å². The maximum absolute atomic E-state index is 13.4. The van der Waals surface area contributed by atoms with E-state index in [1.807, 2.05) is 0 Å². The van der Waals surface area contributed by atoms with Crippen LogP contribution in [-0.4, -0.2) is 17.1 Å².